The smallest absolute Gasteiger partial charge is 0.308 e. The first-order valence-corrected chi connectivity index (χ1v) is 11.1. The Morgan fingerprint density at radius 2 is 1.81 bits per heavy atom. The molecule has 2 aromatic rings. The van der Waals surface area contributed by atoms with E-state index in [9.17, 15) is 14.4 Å². The van der Waals surface area contributed by atoms with Gasteiger partial charge in [0.1, 0.15) is 11.8 Å². The Morgan fingerprint density at radius 3 is 2.53 bits per heavy atom. The zero-order valence-electron chi connectivity index (χ0n) is 18.4. The number of hydrogen-bond acceptors (Lipinski definition) is 5. The fraction of sp³-hybridized carbons (Fsp3) is 0.400. The molecule has 2 amide bonds. The van der Waals surface area contributed by atoms with Crippen molar-refractivity contribution in [3.63, 3.8) is 0 Å². The van der Waals surface area contributed by atoms with Crippen LogP contribution in [0.25, 0.3) is 0 Å². The number of piperazine rings is 1. The first-order chi connectivity index (χ1) is 15.6. The Labute approximate surface area is 188 Å². The van der Waals surface area contributed by atoms with Gasteiger partial charge in [-0.2, -0.15) is 0 Å². The lowest BCUT2D eigenvalue weighted by molar-refractivity contribution is -0.147. The van der Waals surface area contributed by atoms with Gasteiger partial charge in [0, 0.05) is 18.7 Å². The summed E-state index contributed by atoms with van der Waals surface area (Å²) in [5.74, 6) is -0.422. The summed E-state index contributed by atoms with van der Waals surface area (Å²) in [7, 11) is 0. The first kappa shape index (κ1) is 23.3. The van der Waals surface area contributed by atoms with Crippen molar-refractivity contribution < 1.29 is 23.9 Å². The highest BCUT2D eigenvalue weighted by Gasteiger charge is 2.35. The van der Waals surface area contributed by atoms with Crippen LogP contribution >= 0.6 is 0 Å². The average molecular weight is 439 g/mol. The standard InChI is InChI=1S/C25H30N2O5/c1-2-16-31-21-12-10-20(11-13-21)25(30)27-15-14-26-24(29)22(27)18-23(28)32-17-6-9-19-7-4-3-5-8-19/h3-5,7-8,10-13,22H,2,6,9,14-18H2,1H3,(H,26,29). The molecule has 170 valence electrons. The second-order valence-electron chi connectivity index (χ2n) is 7.69. The molecule has 1 heterocycles. The zero-order chi connectivity index (χ0) is 22.8. The van der Waals surface area contributed by atoms with E-state index in [4.69, 9.17) is 9.47 Å². The summed E-state index contributed by atoms with van der Waals surface area (Å²) in [4.78, 5) is 39.3. The second-order valence-corrected chi connectivity index (χ2v) is 7.69. The third kappa shape index (κ3) is 6.57. The zero-order valence-corrected chi connectivity index (χ0v) is 18.4. The van der Waals surface area contributed by atoms with Crippen LogP contribution in [-0.4, -0.2) is 55.0 Å². The summed E-state index contributed by atoms with van der Waals surface area (Å²) in [6.07, 6.45) is 2.23. The number of hydrogen-bond donors (Lipinski definition) is 1. The van der Waals surface area contributed by atoms with Gasteiger partial charge in [0.15, 0.2) is 0 Å². The molecular formula is C25H30N2O5. The van der Waals surface area contributed by atoms with Gasteiger partial charge >= 0.3 is 5.97 Å². The summed E-state index contributed by atoms with van der Waals surface area (Å²) in [6.45, 7) is 3.59. The third-order valence-corrected chi connectivity index (χ3v) is 5.24. The third-order valence-electron chi connectivity index (χ3n) is 5.24. The predicted octanol–water partition coefficient (Wildman–Crippen LogP) is 2.98. The maximum Gasteiger partial charge on any atom is 0.308 e. The van der Waals surface area contributed by atoms with Crippen LogP contribution in [0, 0.1) is 0 Å². The van der Waals surface area contributed by atoms with Crippen LogP contribution in [0.5, 0.6) is 5.75 Å². The van der Waals surface area contributed by atoms with Crippen LogP contribution in [0.1, 0.15) is 42.1 Å². The summed E-state index contributed by atoms with van der Waals surface area (Å²) in [6, 6.07) is 15.9. The Morgan fingerprint density at radius 1 is 1.06 bits per heavy atom. The van der Waals surface area contributed by atoms with E-state index in [2.05, 4.69) is 5.32 Å². The second kappa shape index (κ2) is 11.9. The number of nitrogens with zero attached hydrogens (tertiary/aromatic N) is 1. The molecule has 32 heavy (non-hydrogen) atoms. The van der Waals surface area contributed by atoms with Gasteiger partial charge in [-0.05, 0) is 49.1 Å². The lowest BCUT2D eigenvalue weighted by Crippen LogP contribution is -2.57. The van der Waals surface area contributed by atoms with Crippen molar-refractivity contribution in [1.82, 2.24) is 10.2 Å². The number of carbonyl (C=O) groups is 3. The number of nitrogens with one attached hydrogen (secondary N) is 1. The number of esters is 1. The molecule has 3 rings (SSSR count). The largest absolute Gasteiger partial charge is 0.494 e. The first-order valence-electron chi connectivity index (χ1n) is 11.1. The summed E-state index contributed by atoms with van der Waals surface area (Å²) < 4.78 is 10.9. The number of rotatable bonds is 10. The number of carbonyl (C=O) groups excluding carboxylic acids is 3. The van der Waals surface area contributed by atoms with Crippen molar-refractivity contribution in [3.8, 4) is 5.75 Å². The molecule has 1 unspecified atom stereocenters. The Hall–Kier alpha value is -3.35. The minimum atomic E-state index is -0.881. The lowest BCUT2D eigenvalue weighted by Gasteiger charge is -2.34. The minimum absolute atomic E-state index is 0.166. The van der Waals surface area contributed by atoms with E-state index in [1.165, 1.54) is 10.5 Å². The maximum absolute atomic E-state index is 13.0. The SMILES string of the molecule is CCCOc1ccc(C(=O)N2CCNC(=O)C2CC(=O)OCCCc2ccccc2)cc1. The molecule has 0 saturated carbocycles. The fourth-order valence-corrected chi connectivity index (χ4v) is 3.56. The van der Waals surface area contributed by atoms with E-state index in [1.807, 2.05) is 37.3 Å². The molecule has 0 spiro atoms. The summed E-state index contributed by atoms with van der Waals surface area (Å²) in [5.41, 5.74) is 1.63. The highest BCUT2D eigenvalue weighted by Crippen LogP contribution is 2.18. The van der Waals surface area contributed by atoms with Gasteiger partial charge in [-0.3, -0.25) is 14.4 Å². The molecule has 1 aliphatic heterocycles. The van der Waals surface area contributed by atoms with Gasteiger partial charge in [-0.1, -0.05) is 37.3 Å². The van der Waals surface area contributed by atoms with Crippen molar-refractivity contribution in [1.29, 1.82) is 0 Å². The van der Waals surface area contributed by atoms with Crippen molar-refractivity contribution in [2.75, 3.05) is 26.3 Å². The molecular weight excluding hydrogens is 408 g/mol. The van der Waals surface area contributed by atoms with Crippen molar-refractivity contribution in [3.05, 3.63) is 65.7 Å². The van der Waals surface area contributed by atoms with Gasteiger partial charge in [0.05, 0.1) is 19.6 Å². The molecule has 2 aromatic carbocycles. The minimum Gasteiger partial charge on any atom is -0.494 e. The Balaban J connectivity index is 1.54. The van der Waals surface area contributed by atoms with Crippen LogP contribution in [-0.2, 0) is 20.7 Å². The highest BCUT2D eigenvalue weighted by molar-refractivity contribution is 5.99. The molecule has 1 aliphatic rings. The summed E-state index contributed by atoms with van der Waals surface area (Å²) >= 11 is 0. The van der Waals surface area contributed by atoms with Crippen molar-refractivity contribution in [2.45, 2.75) is 38.6 Å². The Kier molecular flexibility index (Phi) is 8.66. The lowest BCUT2D eigenvalue weighted by atomic mass is 10.1. The van der Waals surface area contributed by atoms with E-state index < -0.39 is 12.0 Å². The molecule has 1 saturated heterocycles. The van der Waals surface area contributed by atoms with Gasteiger partial charge < -0.3 is 19.7 Å². The monoisotopic (exact) mass is 438 g/mol. The summed E-state index contributed by atoms with van der Waals surface area (Å²) in [5, 5.41) is 2.73. The topological polar surface area (TPSA) is 84.9 Å². The molecule has 1 fully saturated rings. The van der Waals surface area contributed by atoms with Crippen LogP contribution < -0.4 is 10.1 Å². The van der Waals surface area contributed by atoms with Crippen LogP contribution in [0.2, 0.25) is 0 Å². The highest BCUT2D eigenvalue weighted by atomic mass is 16.5. The van der Waals surface area contributed by atoms with Gasteiger partial charge in [-0.25, -0.2) is 0 Å². The maximum atomic E-state index is 13.0. The molecule has 1 N–H and O–H groups in total. The van der Waals surface area contributed by atoms with Gasteiger partial charge in [0.25, 0.3) is 5.91 Å². The van der Waals surface area contributed by atoms with Gasteiger partial charge in [0.2, 0.25) is 5.91 Å². The molecule has 7 nitrogen and oxygen atoms in total. The fourth-order valence-electron chi connectivity index (χ4n) is 3.56. The molecule has 0 aromatic heterocycles. The van der Waals surface area contributed by atoms with E-state index >= 15 is 0 Å². The van der Waals surface area contributed by atoms with Gasteiger partial charge in [-0.15, -0.1) is 0 Å². The number of benzene rings is 2. The molecule has 0 radical (unpaired) electrons. The van der Waals surface area contributed by atoms with Crippen LogP contribution in [0.3, 0.4) is 0 Å². The van der Waals surface area contributed by atoms with E-state index in [-0.39, 0.29) is 24.8 Å². The predicted molar refractivity (Wildman–Crippen MR) is 120 cm³/mol. The van der Waals surface area contributed by atoms with E-state index in [0.29, 0.717) is 37.4 Å². The normalized spacial score (nSPS) is 15.7. The van der Waals surface area contributed by atoms with Crippen LogP contribution in [0.4, 0.5) is 0 Å². The molecule has 0 aliphatic carbocycles. The Bertz CT molecular complexity index is 898. The number of aryl methyl sites for hydroxylation is 1. The molecule has 0 bridgehead atoms. The average Bonchev–Trinajstić information content (AvgIpc) is 2.82. The molecule has 1 atom stereocenters. The molecule has 7 heteroatoms. The quantitative estimate of drug-likeness (QED) is 0.455. The number of ether oxygens (including phenoxy) is 2. The van der Waals surface area contributed by atoms with Crippen molar-refractivity contribution in [2.24, 2.45) is 0 Å². The number of amides is 2. The van der Waals surface area contributed by atoms with Crippen molar-refractivity contribution >= 4 is 17.8 Å². The van der Waals surface area contributed by atoms with Crippen LogP contribution in [0.15, 0.2) is 54.6 Å². The van der Waals surface area contributed by atoms with E-state index in [0.717, 1.165) is 12.8 Å². The van der Waals surface area contributed by atoms with E-state index in [1.54, 1.807) is 24.3 Å².